The van der Waals surface area contributed by atoms with Crippen molar-refractivity contribution in [3.63, 3.8) is 0 Å². The average molecular weight is 422 g/mol. The number of anilines is 1. The van der Waals surface area contributed by atoms with Crippen molar-refractivity contribution in [2.75, 3.05) is 4.90 Å². The molecule has 1 aliphatic heterocycles. The Morgan fingerprint density at radius 2 is 1.84 bits per heavy atom. The second-order valence-corrected chi connectivity index (χ2v) is 9.06. The third-order valence-corrected chi connectivity index (χ3v) is 5.99. The van der Waals surface area contributed by atoms with Gasteiger partial charge in [-0.3, -0.25) is 24.6 Å². The first kappa shape index (κ1) is 20.9. The van der Waals surface area contributed by atoms with Crippen molar-refractivity contribution in [1.82, 2.24) is 0 Å². The molecule has 0 N–H and O–H groups in total. The van der Waals surface area contributed by atoms with E-state index in [4.69, 9.17) is 0 Å². The molecule has 0 saturated heterocycles. The van der Waals surface area contributed by atoms with Gasteiger partial charge in [-0.2, -0.15) is 0 Å². The fourth-order valence-electron chi connectivity index (χ4n) is 4.69. The molecule has 31 heavy (non-hydrogen) atoms. The molecule has 1 heterocycles. The van der Waals surface area contributed by atoms with Crippen molar-refractivity contribution in [2.45, 2.75) is 46.0 Å². The summed E-state index contributed by atoms with van der Waals surface area (Å²) in [6, 6.07) is 10.8. The highest BCUT2D eigenvalue weighted by atomic mass is 19.1. The lowest BCUT2D eigenvalue weighted by atomic mass is 9.69. The van der Waals surface area contributed by atoms with E-state index >= 15 is 0 Å². The number of aryl methyl sites for hydroxylation is 1. The molecule has 0 bridgehead atoms. The van der Waals surface area contributed by atoms with Gasteiger partial charge >= 0.3 is 0 Å². The summed E-state index contributed by atoms with van der Waals surface area (Å²) in [5.74, 6) is -1.70. The fraction of sp³-hybridized carbons (Fsp3) is 0.333. The molecule has 6 nitrogen and oxygen atoms in total. The van der Waals surface area contributed by atoms with Crippen LogP contribution in [0.2, 0.25) is 0 Å². The first-order chi connectivity index (χ1) is 14.6. The minimum Gasteiger partial charge on any atom is -0.294 e. The van der Waals surface area contributed by atoms with Crippen LogP contribution in [0.1, 0.15) is 50.2 Å². The van der Waals surface area contributed by atoms with E-state index in [0.717, 1.165) is 0 Å². The van der Waals surface area contributed by atoms with Gasteiger partial charge in [0.05, 0.1) is 4.92 Å². The van der Waals surface area contributed by atoms with Gasteiger partial charge in [-0.05, 0) is 42.0 Å². The SMILES string of the molecule is Cc1ccc(N2C(=O)CC(c3ccccc3F)C3=C2CC(C)(C)CC3=O)c([N+](=O)[O-])c1. The number of amides is 1. The zero-order valence-electron chi connectivity index (χ0n) is 17.6. The van der Waals surface area contributed by atoms with Gasteiger partial charge < -0.3 is 0 Å². The molecule has 1 atom stereocenters. The Kier molecular flexibility index (Phi) is 5.00. The molecule has 0 radical (unpaired) electrons. The number of nitro benzene ring substituents is 1. The molecule has 1 unspecified atom stereocenters. The van der Waals surface area contributed by atoms with Crippen molar-refractivity contribution in [1.29, 1.82) is 0 Å². The Balaban J connectivity index is 1.97. The molecular formula is C24H23FN2O4. The van der Waals surface area contributed by atoms with Crippen LogP contribution in [0.25, 0.3) is 0 Å². The number of halogens is 1. The van der Waals surface area contributed by atoms with E-state index in [9.17, 15) is 24.1 Å². The molecule has 2 aromatic carbocycles. The maximum atomic E-state index is 14.6. The number of nitro groups is 1. The Bertz CT molecular complexity index is 1150. The van der Waals surface area contributed by atoms with E-state index in [1.807, 2.05) is 13.8 Å². The van der Waals surface area contributed by atoms with Crippen LogP contribution in [0, 0.1) is 28.3 Å². The molecule has 4 rings (SSSR count). The van der Waals surface area contributed by atoms with Crippen LogP contribution >= 0.6 is 0 Å². The third kappa shape index (κ3) is 3.65. The first-order valence-corrected chi connectivity index (χ1v) is 10.2. The van der Waals surface area contributed by atoms with Gasteiger partial charge in [0.15, 0.2) is 5.78 Å². The number of carbonyl (C=O) groups excluding carboxylic acids is 2. The van der Waals surface area contributed by atoms with Gasteiger partial charge in [-0.15, -0.1) is 0 Å². The van der Waals surface area contributed by atoms with E-state index in [2.05, 4.69) is 0 Å². The van der Waals surface area contributed by atoms with E-state index in [1.165, 1.54) is 17.0 Å². The molecule has 0 spiro atoms. The molecule has 2 aliphatic rings. The number of Topliss-reactive ketones (excluding diaryl/α,β-unsaturated/α-hetero) is 1. The molecular weight excluding hydrogens is 399 g/mol. The zero-order chi connectivity index (χ0) is 22.5. The molecule has 7 heteroatoms. The zero-order valence-corrected chi connectivity index (χ0v) is 17.6. The predicted molar refractivity (Wildman–Crippen MR) is 114 cm³/mol. The second-order valence-electron chi connectivity index (χ2n) is 9.06. The number of hydrogen-bond donors (Lipinski definition) is 0. The number of hydrogen-bond acceptors (Lipinski definition) is 4. The molecule has 160 valence electrons. The maximum Gasteiger partial charge on any atom is 0.293 e. The molecule has 0 aromatic heterocycles. The second kappa shape index (κ2) is 7.41. The smallest absolute Gasteiger partial charge is 0.293 e. The van der Waals surface area contributed by atoms with Gasteiger partial charge in [0.2, 0.25) is 5.91 Å². The largest absolute Gasteiger partial charge is 0.294 e. The molecule has 1 amide bonds. The van der Waals surface area contributed by atoms with Gasteiger partial charge in [-0.1, -0.05) is 38.1 Å². The third-order valence-electron chi connectivity index (χ3n) is 5.99. The predicted octanol–water partition coefficient (Wildman–Crippen LogP) is 5.21. The lowest BCUT2D eigenvalue weighted by Crippen LogP contribution is -2.44. The van der Waals surface area contributed by atoms with Crippen molar-refractivity contribution >= 4 is 23.1 Å². The van der Waals surface area contributed by atoms with E-state index in [1.54, 1.807) is 37.3 Å². The Morgan fingerprint density at radius 1 is 1.13 bits per heavy atom. The highest BCUT2D eigenvalue weighted by molar-refractivity contribution is 6.08. The van der Waals surface area contributed by atoms with Crippen LogP contribution in [-0.2, 0) is 9.59 Å². The van der Waals surface area contributed by atoms with Gasteiger partial charge in [0.1, 0.15) is 11.5 Å². The summed E-state index contributed by atoms with van der Waals surface area (Å²) in [5, 5.41) is 11.7. The summed E-state index contributed by atoms with van der Waals surface area (Å²) in [7, 11) is 0. The van der Waals surface area contributed by atoms with Crippen LogP contribution in [0.5, 0.6) is 0 Å². The quantitative estimate of drug-likeness (QED) is 0.503. The summed E-state index contributed by atoms with van der Waals surface area (Å²) in [4.78, 5) is 39.1. The highest BCUT2D eigenvalue weighted by Gasteiger charge is 2.46. The van der Waals surface area contributed by atoms with Crippen LogP contribution in [-0.4, -0.2) is 16.6 Å². The lowest BCUT2D eigenvalue weighted by molar-refractivity contribution is -0.384. The van der Waals surface area contributed by atoms with Crippen molar-refractivity contribution in [3.05, 3.63) is 80.8 Å². The molecule has 0 saturated carbocycles. The Morgan fingerprint density at radius 3 is 2.52 bits per heavy atom. The molecule has 2 aromatic rings. The number of rotatable bonds is 3. The summed E-state index contributed by atoms with van der Waals surface area (Å²) >= 11 is 0. The minimum absolute atomic E-state index is 0.128. The maximum absolute atomic E-state index is 14.6. The van der Waals surface area contributed by atoms with Crippen LogP contribution in [0.15, 0.2) is 53.7 Å². The normalized spacial score (nSPS) is 20.6. The minimum atomic E-state index is -0.701. The Hall–Kier alpha value is -3.35. The average Bonchev–Trinajstić information content (AvgIpc) is 2.67. The summed E-state index contributed by atoms with van der Waals surface area (Å²) < 4.78 is 14.6. The number of carbonyl (C=O) groups is 2. The van der Waals surface area contributed by atoms with E-state index < -0.39 is 22.1 Å². The van der Waals surface area contributed by atoms with Crippen LogP contribution in [0.3, 0.4) is 0 Å². The number of benzene rings is 2. The number of ketones is 1. The molecule has 1 aliphatic carbocycles. The van der Waals surface area contributed by atoms with Crippen LogP contribution in [0.4, 0.5) is 15.8 Å². The van der Waals surface area contributed by atoms with Gasteiger partial charge in [0.25, 0.3) is 5.69 Å². The van der Waals surface area contributed by atoms with E-state index in [0.29, 0.717) is 28.8 Å². The van der Waals surface area contributed by atoms with Crippen molar-refractivity contribution in [3.8, 4) is 0 Å². The summed E-state index contributed by atoms with van der Waals surface area (Å²) in [6.45, 7) is 5.59. The van der Waals surface area contributed by atoms with Crippen molar-refractivity contribution < 1.29 is 18.9 Å². The van der Waals surface area contributed by atoms with E-state index in [-0.39, 0.29) is 35.9 Å². The first-order valence-electron chi connectivity index (χ1n) is 10.2. The molecule has 0 fully saturated rings. The van der Waals surface area contributed by atoms with Crippen molar-refractivity contribution in [2.24, 2.45) is 5.41 Å². The number of nitrogens with zero attached hydrogens (tertiary/aromatic N) is 2. The standard InChI is InChI=1S/C24H23FN2O4/c1-14-8-9-18(19(10-14)27(30)31)26-20-12-24(2,3)13-21(28)23(20)16(11-22(26)29)15-6-4-5-7-17(15)25/h4-10,16H,11-13H2,1-3H3. The van der Waals surface area contributed by atoms with Gasteiger partial charge in [-0.25, -0.2) is 4.39 Å². The summed E-state index contributed by atoms with van der Waals surface area (Å²) in [6.07, 6.45) is 0.529. The Labute approximate surface area is 179 Å². The monoisotopic (exact) mass is 422 g/mol. The number of allylic oxidation sites excluding steroid dienone is 2. The summed E-state index contributed by atoms with van der Waals surface area (Å²) in [5.41, 5.74) is 1.35. The highest BCUT2D eigenvalue weighted by Crippen LogP contribution is 2.49. The fourth-order valence-corrected chi connectivity index (χ4v) is 4.69. The van der Waals surface area contributed by atoms with Gasteiger partial charge in [0, 0.05) is 36.1 Å². The lowest BCUT2D eigenvalue weighted by Gasteiger charge is -2.42. The van der Waals surface area contributed by atoms with Crippen LogP contribution < -0.4 is 4.90 Å². The topological polar surface area (TPSA) is 80.5 Å².